The summed E-state index contributed by atoms with van der Waals surface area (Å²) in [6.07, 6.45) is 0. The first-order chi connectivity index (χ1) is 12.0. The molecule has 2 rings (SSSR count). The second-order valence-corrected chi connectivity index (χ2v) is 6.81. The standard InChI is InChI=1S/C7H5BrN2O4.C7H7BrN2O2/c1-4-6(9(11)12)2-5(8)3-7(4)10(13)14;1-4-6(9)2-5(8)3-7(4)10(11)12/h2-3H,1H3;2-3H,9H2,1H3. The third-order valence-corrected chi connectivity index (χ3v) is 4.21. The highest BCUT2D eigenvalue weighted by molar-refractivity contribution is 9.10. The molecule has 0 aliphatic rings. The number of benzene rings is 2. The molecule has 2 aromatic carbocycles. The van der Waals surface area contributed by atoms with E-state index in [9.17, 15) is 30.3 Å². The monoisotopic (exact) mass is 490 g/mol. The van der Waals surface area contributed by atoms with Crippen LogP contribution in [0.25, 0.3) is 0 Å². The molecule has 26 heavy (non-hydrogen) atoms. The number of nitrogen functional groups attached to an aromatic ring is 1. The van der Waals surface area contributed by atoms with Crippen molar-refractivity contribution in [2.24, 2.45) is 0 Å². The van der Waals surface area contributed by atoms with Gasteiger partial charge in [0.1, 0.15) is 5.56 Å². The van der Waals surface area contributed by atoms with Gasteiger partial charge in [0.25, 0.3) is 17.1 Å². The maximum absolute atomic E-state index is 10.5. The third kappa shape index (κ3) is 5.20. The summed E-state index contributed by atoms with van der Waals surface area (Å²) in [6, 6.07) is 5.55. The molecule has 0 aromatic heterocycles. The molecule has 0 saturated heterocycles. The van der Waals surface area contributed by atoms with Gasteiger partial charge in [-0.15, -0.1) is 0 Å². The van der Waals surface area contributed by atoms with Crippen LogP contribution in [0, 0.1) is 44.2 Å². The van der Waals surface area contributed by atoms with E-state index in [0.717, 1.165) is 0 Å². The first-order valence-corrected chi connectivity index (χ1v) is 8.33. The number of hydrogen-bond acceptors (Lipinski definition) is 7. The van der Waals surface area contributed by atoms with E-state index in [4.69, 9.17) is 5.73 Å². The Balaban J connectivity index is 0.000000263. The number of nitrogens with zero attached hydrogens (tertiary/aromatic N) is 3. The fourth-order valence-electron chi connectivity index (χ4n) is 1.90. The van der Waals surface area contributed by atoms with Crippen molar-refractivity contribution in [1.82, 2.24) is 0 Å². The summed E-state index contributed by atoms with van der Waals surface area (Å²) in [4.78, 5) is 29.7. The summed E-state index contributed by atoms with van der Waals surface area (Å²) in [7, 11) is 0. The molecule has 0 aliphatic carbocycles. The van der Waals surface area contributed by atoms with Gasteiger partial charge in [-0.3, -0.25) is 30.3 Å². The molecule has 0 radical (unpaired) electrons. The first kappa shape index (κ1) is 21.4. The fourth-order valence-corrected chi connectivity index (χ4v) is 2.80. The zero-order chi connectivity index (χ0) is 20.2. The molecule has 2 N–H and O–H groups in total. The zero-order valence-corrected chi connectivity index (χ0v) is 16.6. The second-order valence-electron chi connectivity index (χ2n) is 4.98. The van der Waals surface area contributed by atoms with Crippen LogP contribution in [-0.2, 0) is 0 Å². The highest BCUT2D eigenvalue weighted by Crippen LogP contribution is 2.31. The topological polar surface area (TPSA) is 155 Å². The molecule has 0 saturated carbocycles. The second kappa shape index (κ2) is 8.67. The van der Waals surface area contributed by atoms with Crippen LogP contribution in [-0.4, -0.2) is 14.8 Å². The molecule has 0 spiro atoms. The highest BCUT2D eigenvalue weighted by Gasteiger charge is 2.22. The molecule has 0 amide bonds. The summed E-state index contributed by atoms with van der Waals surface area (Å²) < 4.78 is 0.943. The third-order valence-electron chi connectivity index (χ3n) is 3.29. The lowest BCUT2D eigenvalue weighted by atomic mass is 10.1. The van der Waals surface area contributed by atoms with Gasteiger partial charge >= 0.3 is 0 Å². The van der Waals surface area contributed by atoms with Crippen molar-refractivity contribution in [3.05, 3.63) is 74.7 Å². The van der Waals surface area contributed by atoms with Crippen LogP contribution < -0.4 is 5.73 Å². The largest absolute Gasteiger partial charge is 0.398 e. The normalized spacial score (nSPS) is 9.85. The number of anilines is 1. The lowest BCUT2D eigenvalue weighted by Gasteiger charge is -2.01. The Morgan fingerprint density at radius 3 is 1.38 bits per heavy atom. The van der Waals surface area contributed by atoms with E-state index >= 15 is 0 Å². The highest BCUT2D eigenvalue weighted by atomic mass is 79.9. The molecule has 2 aromatic rings. The van der Waals surface area contributed by atoms with Gasteiger partial charge in [0, 0.05) is 38.4 Å². The minimum Gasteiger partial charge on any atom is -0.398 e. The minimum absolute atomic E-state index is 0.0434. The van der Waals surface area contributed by atoms with Gasteiger partial charge in [-0.1, -0.05) is 31.9 Å². The van der Waals surface area contributed by atoms with E-state index in [1.54, 1.807) is 13.0 Å². The molecule has 10 nitrogen and oxygen atoms in total. The number of rotatable bonds is 3. The van der Waals surface area contributed by atoms with Crippen LogP contribution >= 0.6 is 31.9 Å². The van der Waals surface area contributed by atoms with E-state index in [0.29, 0.717) is 20.2 Å². The van der Waals surface area contributed by atoms with E-state index in [1.807, 2.05) is 0 Å². The smallest absolute Gasteiger partial charge is 0.280 e. The maximum atomic E-state index is 10.5. The summed E-state index contributed by atoms with van der Waals surface area (Å²) >= 11 is 6.11. The van der Waals surface area contributed by atoms with Gasteiger partial charge in [-0.2, -0.15) is 0 Å². The van der Waals surface area contributed by atoms with Crippen LogP contribution in [0.15, 0.2) is 33.2 Å². The number of hydrogen-bond donors (Lipinski definition) is 1. The van der Waals surface area contributed by atoms with Crippen LogP contribution in [0.2, 0.25) is 0 Å². The van der Waals surface area contributed by atoms with Gasteiger partial charge in [0.15, 0.2) is 0 Å². The summed E-state index contributed by atoms with van der Waals surface area (Å²) in [5.74, 6) is 0. The average Bonchev–Trinajstić information content (AvgIpc) is 2.52. The van der Waals surface area contributed by atoms with E-state index in [-0.39, 0.29) is 22.6 Å². The molecule has 138 valence electrons. The van der Waals surface area contributed by atoms with Crippen molar-refractivity contribution < 1.29 is 14.8 Å². The van der Waals surface area contributed by atoms with E-state index in [2.05, 4.69) is 31.9 Å². The predicted molar refractivity (Wildman–Crippen MR) is 102 cm³/mol. The van der Waals surface area contributed by atoms with Crippen LogP contribution in [0.4, 0.5) is 22.7 Å². The fraction of sp³-hybridized carbons (Fsp3) is 0.143. The van der Waals surface area contributed by atoms with E-state index in [1.165, 1.54) is 25.1 Å². The Bertz CT molecular complexity index is 868. The van der Waals surface area contributed by atoms with Crippen molar-refractivity contribution in [2.75, 3.05) is 5.73 Å². The van der Waals surface area contributed by atoms with Crippen molar-refractivity contribution >= 4 is 54.6 Å². The molecule has 12 heteroatoms. The zero-order valence-electron chi connectivity index (χ0n) is 13.4. The average molecular weight is 492 g/mol. The van der Waals surface area contributed by atoms with Crippen molar-refractivity contribution in [3.63, 3.8) is 0 Å². The van der Waals surface area contributed by atoms with Gasteiger partial charge in [-0.25, -0.2) is 0 Å². The molecule has 0 bridgehead atoms. The maximum Gasteiger partial charge on any atom is 0.280 e. The summed E-state index contributed by atoms with van der Waals surface area (Å²) in [5.41, 5.74) is 6.04. The Labute approximate surface area is 163 Å². The van der Waals surface area contributed by atoms with E-state index < -0.39 is 14.8 Å². The number of nitro groups is 3. The Morgan fingerprint density at radius 2 is 1.04 bits per heavy atom. The van der Waals surface area contributed by atoms with Gasteiger partial charge < -0.3 is 5.73 Å². The first-order valence-electron chi connectivity index (χ1n) is 6.74. The number of halogens is 2. The Hall–Kier alpha value is -2.60. The molecular formula is C14H12Br2N4O6. The molecule has 0 unspecified atom stereocenters. The molecule has 0 aliphatic heterocycles. The minimum atomic E-state index is -0.646. The van der Waals surface area contributed by atoms with Crippen LogP contribution in [0.3, 0.4) is 0 Å². The van der Waals surface area contributed by atoms with Gasteiger partial charge in [0.05, 0.1) is 14.8 Å². The van der Waals surface area contributed by atoms with Gasteiger partial charge in [-0.05, 0) is 19.9 Å². The lowest BCUT2D eigenvalue weighted by Crippen LogP contribution is -1.97. The Morgan fingerprint density at radius 1 is 0.731 bits per heavy atom. The molecule has 0 fully saturated rings. The number of nitro benzene ring substituents is 3. The van der Waals surface area contributed by atoms with Crippen molar-refractivity contribution in [1.29, 1.82) is 0 Å². The van der Waals surface area contributed by atoms with Gasteiger partial charge in [0.2, 0.25) is 0 Å². The molecular weight excluding hydrogens is 480 g/mol. The molecule has 0 heterocycles. The quantitative estimate of drug-likeness (QED) is 0.366. The van der Waals surface area contributed by atoms with Crippen LogP contribution in [0.1, 0.15) is 11.1 Å². The molecule has 0 atom stereocenters. The van der Waals surface area contributed by atoms with Crippen molar-refractivity contribution in [3.8, 4) is 0 Å². The van der Waals surface area contributed by atoms with Crippen LogP contribution in [0.5, 0.6) is 0 Å². The Kier molecular flexibility index (Phi) is 7.15. The van der Waals surface area contributed by atoms with Crippen molar-refractivity contribution in [2.45, 2.75) is 13.8 Å². The summed E-state index contributed by atoms with van der Waals surface area (Å²) in [5, 5.41) is 31.5. The predicted octanol–water partition coefficient (Wildman–Crippen LogP) is 4.82. The SMILES string of the molecule is Cc1c(N)cc(Br)cc1[N+](=O)[O-].Cc1c([N+](=O)[O-])cc(Br)cc1[N+](=O)[O-]. The lowest BCUT2D eigenvalue weighted by molar-refractivity contribution is -0.395. The number of nitrogens with two attached hydrogens (primary N) is 1. The summed E-state index contributed by atoms with van der Waals surface area (Å²) in [6.45, 7) is 2.97.